The Balaban J connectivity index is 0.000000226. The van der Waals surface area contributed by atoms with Crippen LogP contribution < -0.4 is 15.0 Å². The largest absolute Gasteiger partial charge is 0.480 e. The molecule has 1 unspecified atom stereocenters. The molecular weight excluding hydrogens is 995 g/mol. The fraction of sp³-hybridized carbons (Fsp3) is 0.463. The second kappa shape index (κ2) is 21.1. The lowest BCUT2D eigenvalue weighted by molar-refractivity contribution is -0.253. The standard InChI is InChI=1S/C23H25F4NO7S2.C18H16F4O6S2/c24-20(25)23(26,27)34-16-6-4-15(5-7-16)17-8-9-19(36-17)37(30,31)22(10-13-32-14-11-22)21(29)28-35-18-3-1-2-12-33-18;19-15(20)18(21,22)28-12-3-1-11(2-4-12)13-5-6-14(29-13)30(25,26)17(16(23)24)7-9-27-10-8-17/h4-9,18,20H,1-3,10-14H2,(H,28,29);1-6,15H,7-10H2,(H,23,24). The Morgan fingerprint density at radius 2 is 1.06 bits per heavy atom. The number of ether oxygens (including phenoxy) is 5. The molecule has 2 aromatic carbocycles. The van der Waals surface area contributed by atoms with Crippen LogP contribution in [-0.4, -0.2) is 108 Å². The summed E-state index contributed by atoms with van der Waals surface area (Å²) in [5, 5.41) is 9.61. The predicted octanol–water partition coefficient (Wildman–Crippen LogP) is 8.61. The van der Waals surface area contributed by atoms with Crippen LogP contribution in [0.2, 0.25) is 0 Å². The minimum absolute atomic E-state index is 0.00841. The van der Waals surface area contributed by atoms with Gasteiger partial charge >= 0.3 is 31.0 Å². The van der Waals surface area contributed by atoms with Crippen LogP contribution in [0.3, 0.4) is 0 Å². The maximum Gasteiger partial charge on any atom is 0.461 e. The van der Waals surface area contributed by atoms with Crippen molar-refractivity contribution in [3.63, 3.8) is 0 Å². The number of carbonyl (C=O) groups excluding carboxylic acids is 1. The Hall–Kier alpha value is -4.44. The van der Waals surface area contributed by atoms with E-state index in [1.54, 1.807) is 0 Å². The molecular formula is C41H41F8NO13S4. The lowest BCUT2D eigenvalue weighted by atomic mass is 9.98. The zero-order valence-corrected chi connectivity index (χ0v) is 37.9. The maximum atomic E-state index is 13.8. The van der Waals surface area contributed by atoms with Crippen LogP contribution in [0.15, 0.2) is 81.2 Å². The Morgan fingerprint density at radius 1 is 0.642 bits per heavy atom. The molecule has 7 rings (SSSR count). The quantitative estimate of drug-likeness (QED) is 0.0802. The molecule has 0 bridgehead atoms. The molecule has 3 aliphatic heterocycles. The van der Waals surface area contributed by atoms with Gasteiger partial charge in [-0.25, -0.2) is 27.2 Å². The first kappa shape index (κ1) is 51.9. The van der Waals surface area contributed by atoms with Crippen molar-refractivity contribution >= 4 is 54.2 Å². The number of hydrogen-bond donors (Lipinski definition) is 2. The summed E-state index contributed by atoms with van der Waals surface area (Å²) in [4.78, 5) is 31.3. The second-order valence-corrected chi connectivity index (χ2v) is 22.2. The molecule has 1 amide bonds. The maximum absolute atomic E-state index is 13.8. The highest BCUT2D eigenvalue weighted by Gasteiger charge is 2.54. The summed E-state index contributed by atoms with van der Waals surface area (Å²) >= 11 is 1.71. The van der Waals surface area contributed by atoms with Crippen LogP contribution in [0, 0.1) is 0 Å². The van der Waals surface area contributed by atoms with E-state index in [0.29, 0.717) is 33.9 Å². The van der Waals surface area contributed by atoms with Crippen molar-refractivity contribution in [3.05, 3.63) is 72.8 Å². The number of halogens is 8. The number of alkyl halides is 8. The van der Waals surface area contributed by atoms with Crippen molar-refractivity contribution in [2.45, 2.75) is 94.2 Å². The number of hydroxylamine groups is 1. The Labute approximate surface area is 385 Å². The summed E-state index contributed by atoms with van der Waals surface area (Å²) < 4.78 is 175. The molecule has 5 heterocycles. The minimum atomic E-state index is -4.64. The van der Waals surface area contributed by atoms with Crippen molar-refractivity contribution in [2.24, 2.45) is 0 Å². The van der Waals surface area contributed by atoms with Crippen LogP contribution in [0.5, 0.6) is 11.5 Å². The second-order valence-electron chi connectivity index (χ2n) is 15.1. The smallest absolute Gasteiger partial charge is 0.461 e. The average Bonchev–Trinajstić information content (AvgIpc) is 4.02. The van der Waals surface area contributed by atoms with Gasteiger partial charge in [0.15, 0.2) is 15.8 Å². The lowest BCUT2D eigenvalue weighted by Gasteiger charge is -2.35. The van der Waals surface area contributed by atoms with Crippen LogP contribution in [0.4, 0.5) is 35.1 Å². The first-order valence-electron chi connectivity index (χ1n) is 20.1. The van der Waals surface area contributed by atoms with E-state index >= 15 is 0 Å². The molecule has 2 N–H and O–H groups in total. The van der Waals surface area contributed by atoms with Crippen molar-refractivity contribution < 1.29 is 95.2 Å². The molecule has 0 saturated carbocycles. The number of thiophene rings is 2. The van der Waals surface area contributed by atoms with E-state index in [4.69, 9.17) is 19.0 Å². The molecule has 0 aliphatic carbocycles. The zero-order chi connectivity index (χ0) is 48.8. The van der Waals surface area contributed by atoms with Gasteiger partial charge in [-0.05, 0) is 110 Å². The van der Waals surface area contributed by atoms with Gasteiger partial charge in [0.05, 0.1) is 0 Å². The summed E-state index contributed by atoms with van der Waals surface area (Å²) in [6, 6.07) is 15.2. The van der Waals surface area contributed by atoms with Gasteiger partial charge in [0.1, 0.15) is 19.9 Å². The third kappa shape index (κ3) is 11.4. The van der Waals surface area contributed by atoms with Crippen LogP contribution >= 0.6 is 22.7 Å². The summed E-state index contributed by atoms with van der Waals surface area (Å²) in [6.45, 7) is 0.630. The Morgan fingerprint density at radius 3 is 1.45 bits per heavy atom. The monoisotopic (exact) mass is 1040 g/mol. The Bertz CT molecular complexity index is 2540. The van der Waals surface area contributed by atoms with E-state index in [1.807, 2.05) is 0 Å². The normalized spacial score (nSPS) is 19.0. The van der Waals surface area contributed by atoms with E-state index in [0.717, 1.165) is 59.8 Å². The highest BCUT2D eigenvalue weighted by atomic mass is 32.2. The topological polar surface area (TPSA) is 190 Å². The number of rotatable bonds is 16. The van der Waals surface area contributed by atoms with Gasteiger partial charge in [-0.2, -0.15) is 35.1 Å². The number of carbonyl (C=O) groups is 2. The van der Waals surface area contributed by atoms with Gasteiger partial charge in [0.2, 0.25) is 19.7 Å². The molecule has 3 fully saturated rings. The molecule has 3 aliphatic rings. The van der Waals surface area contributed by atoms with Crippen molar-refractivity contribution in [3.8, 4) is 32.4 Å². The number of amides is 1. The number of nitrogens with one attached hydrogen (secondary N) is 1. The Kier molecular flexibility index (Phi) is 16.3. The molecule has 368 valence electrons. The molecule has 67 heavy (non-hydrogen) atoms. The first-order valence-corrected chi connectivity index (χ1v) is 24.7. The fourth-order valence-corrected chi connectivity index (χ4v) is 14.1. The number of sulfone groups is 2. The predicted molar refractivity (Wildman–Crippen MR) is 223 cm³/mol. The average molecular weight is 1040 g/mol. The number of aliphatic carboxylic acids is 1. The zero-order valence-electron chi connectivity index (χ0n) is 34.6. The van der Waals surface area contributed by atoms with E-state index in [2.05, 4.69) is 15.0 Å². The van der Waals surface area contributed by atoms with Crippen LogP contribution in [-0.2, 0) is 48.3 Å². The van der Waals surface area contributed by atoms with Crippen LogP contribution in [0.1, 0.15) is 44.9 Å². The highest BCUT2D eigenvalue weighted by molar-refractivity contribution is 7.96. The van der Waals surface area contributed by atoms with Gasteiger partial charge in [-0.15, -0.1) is 22.7 Å². The summed E-state index contributed by atoms with van der Waals surface area (Å²) in [7, 11) is -8.43. The first-order chi connectivity index (χ1) is 31.5. The van der Waals surface area contributed by atoms with E-state index in [9.17, 15) is 66.7 Å². The van der Waals surface area contributed by atoms with E-state index < -0.39 is 83.9 Å². The summed E-state index contributed by atoms with van der Waals surface area (Å²) in [5.41, 5.74) is 3.16. The molecule has 14 nitrogen and oxygen atoms in total. The number of hydrogen-bond acceptors (Lipinski definition) is 14. The van der Waals surface area contributed by atoms with Crippen molar-refractivity contribution in [1.82, 2.24) is 5.48 Å². The van der Waals surface area contributed by atoms with Crippen molar-refractivity contribution in [1.29, 1.82) is 0 Å². The van der Waals surface area contributed by atoms with E-state index in [-0.39, 0.29) is 60.5 Å². The van der Waals surface area contributed by atoms with Crippen molar-refractivity contribution in [2.75, 3.05) is 33.0 Å². The molecule has 0 radical (unpaired) electrons. The molecule has 3 saturated heterocycles. The summed E-state index contributed by atoms with van der Waals surface area (Å²) in [5.74, 6) is -3.21. The lowest BCUT2D eigenvalue weighted by Crippen LogP contribution is -2.56. The molecule has 4 aromatic rings. The van der Waals surface area contributed by atoms with Crippen LogP contribution in [0.25, 0.3) is 20.9 Å². The third-order valence-electron chi connectivity index (χ3n) is 10.8. The molecule has 2 aromatic heterocycles. The SMILES string of the molecule is O=C(NOC1CCCCO1)C1(S(=O)(=O)c2ccc(-c3ccc(OC(F)(F)C(F)F)cc3)s2)CCOCC1.O=C(O)C1(S(=O)(=O)c2ccc(-c3ccc(OC(F)(F)C(F)F)cc3)s2)CCOCC1. The molecule has 26 heteroatoms. The van der Waals surface area contributed by atoms with Gasteiger partial charge in [-0.1, -0.05) is 0 Å². The molecule has 0 spiro atoms. The number of benzene rings is 2. The molecule has 1 atom stereocenters. The third-order valence-corrected chi connectivity index (χ3v) is 19.1. The van der Waals surface area contributed by atoms with Gasteiger partial charge in [-0.3, -0.25) is 9.59 Å². The minimum Gasteiger partial charge on any atom is -0.480 e. The van der Waals surface area contributed by atoms with E-state index in [1.165, 1.54) is 48.5 Å². The summed E-state index contributed by atoms with van der Waals surface area (Å²) in [6.07, 6.45) is -16.1. The van der Waals surface area contributed by atoms with Gasteiger partial charge in [0.25, 0.3) is 5.91 Å². The number of carboxylic acid groups (broad SMARTS) is 1. The van der Waals surface area contributed by atoms with Gasteiger partial charge in [0, 0.05) is 62.1 Å². The highest BCUT2D eigenvalue weighted by Crippen LogP contribution is 2.43. The fourth-order valence-electron chi connectivity index (χ4n) is 7.04. The number of carboxylic acids is 1. The van der Waals surface area contributed by atoms with Gasteiger partial charge < -0.3 is 28.8 Å².